The first-order valence-corrected chi connectivity index (χ1v) is 6.95. The molecule has 0 amide bonds. The number of para-hydroxylation sites is 1. The van der Waals surface area contributed by atoms with E-state index in [4.69, 9.17) is 10.5 Å². The first-order valence-electron chi connectivity index (χ1n) is 6.95. The minimum atomic E-state index is -0.0444. The molecule has 0 radical (unpaired) electrons. The zero-order valence-electron chi connectivity index (χ0n) is 11.6. The van der Waals surface area contributed by atoms with Crippen LogP contribution in [0.25, 0.3) is 0 Å². The Morgan fingerprint density at radius 2 is 1.94 bits per heavy atom. The van der Waals surface area contributed by atoms with Crippen LogP contribution >= 0.6 is 0 Å². The standard InChI is InChI=1S/C16H23NO/c1-11-8-15(2,3)10-16(11)9-13(17)12-6-4-5-7-14(12)18-16/h4-7,11,13H,8-10,17H2,1-3H3/t11?,13-,16?/m0/s1. The van der Waals surface area contributed by atoms with E-state index in [1.54, 1.807) is 0 Å². The van der Waals surface area contributed by atoms with Crippen molar-refractivity contribution in [2.24, 2.45) is 17.1 Å². The Kier molecular flexibility index (Phi) is 2.50. The van der Waals surface area contributed by atoms with Gasteiger partial charge in [-0.2, -0.15) is 0 Å². The fraction of sp³-hybridized carbons (Fsp3) is 0.625. The van der Waals surface area contributed by atoms with Gasteiger partial charge in [-0.1, -0.05) is 39.0 Å². The van der Waals surface area contributed by atoms with Gasteiger partial charge in [0.25, 0.3) is 0 Å². The first kappa shape index (κ1) is 12.0. The molecule has 2 aliphatic rings. The molecule has 1 aromatic carbocycles. The van der Waals surface area contributed by atoms with E-state index in [1.165, 1.54) is 12.0 Å². The zero-order chi connectivity index (χ0) is 13.0. The Labute approximate surface area is 110 Å². The molecule has 3 rings (SSSR count). The van der Waals surface area contributed by atoms with Crippen molar-refractivity contribution in [2.45, 2.75) is 51.7 Å². The highest BCUT2D eigenvalue weighted by atomic mass is 16.5. The van der Waals surface area contributed by atoms with Crippen molar-refractivity contribution in [2.75, 3.05) is 0 Å². The van der Waals surface area contributed by atoms with E-state index < -0.39 is 0 Å². The lowest BCUT2D eigenvalue weighted by Gasteiger charge is -2.42. The van der Waals surface area contributed by atoms with Crippen LogP contribution in [0.5, 0.6) is 5.75 Å². The molecule has 2 unspecified atom stereocenters. The molecule has 2 heteroatoms. The highest BCUT2D eigenvalue weighted by Gasteiger charge is 2.53. The third-order valence-electron chi connectivity index (χ3n) is 4.73. The van der Waals surface area contributed by atoms with Gasteiger partial charge >= 0.3 is 0 Å². The average Bonchev–Trinajstić information content (AvgIpc) is 2.48. The molecule has 2 nitrogen and oxygen atoms in total. The molecule has 18 heavy (non-hydrogen) atoms. The summed E-state index contributed by atoms with van der Waals surface area (Å²) >= 11 is 0. The number of nitrogens with two attached hydrogens (primary N) is 1. The molecule has 1 heterocycles. The second kappa shape index (κ2) is 3.74. The fourth-order valence-corrected chi connectivity index (χ4v) is 4.10. The summed E-state index contributed by atoms with van der Waals surface area (Å²) < 4.78 is 6.42. The lowest BCUT2D eigenvalue weighted by molar-refractivity contribution is 0.00184. The Bertz CT molecular complexity index is 468. The van der Waals surface area contributed by atoms with Crippen molar-refractivity contribution in [3.8, 4) is 5.75 Å². The van der Waals surface area contributed by atoms with E-state index in [2.05, 4.69) is 32.9 Å². The predicted octanol–water partition coefficient (Wildman–Crippen LogP) is 3.66. The Morgan fingerprint density at radius 1 is 1.22 bits per heavy atom. The summed E-state index contributed by atoms with van der Waals surface area (Å²) in [5.74, 6) is 1.58. The molecule has 1 fully saturated rings. The summed E-state index contributed by atoms with van der Waals surface area (Å²) in [7, 11) is 0. The highest BCUT2D eigenvalue weighted by Crippen LogP contribution is 2.55. The van der Waals surface area contributed by atoms with E-state index in [-0.39, 0.29) is 11.6 Å². The van der Waals surface area contributed by atoms with Crippen LogP contribution in [0.3, 0.4) is 0 Å². The minimum absolute atomic E-state index is 0.0444. The van der Waals surface area contributed by atoms with Crippen molar-refractivity contribution in [1.82, 2.24) is 0 Å². The normalized spacial score (nSPS) is 37.3. The van der Waals surface area contributed by atoms with Gasteiger partial charge in [0.05, 0.1) is 0 Å². The number of hydrogen-bond acceptors (Lipinski definition) is 2. The number of benzene rings is 1. The second-order valence-electron chi connectivity index (χ2n) is 6.96. The van der Waals surface area contributed by atoms with Crippen LogP contribution in [0.4, 0.5) is 0 Å². The molecule has 1 aliphatic heterocycles. The molecular weight excluding hydrogens is 222 g/mol. The van der Waals surface area contributed by atoms with Crippen molar-refractivity contribution >= 4 is 0 Å². The molecule has 3 atom stereocenters. The van der Waals surface area contributed by atoms with Crippen molar-refractivity contribution in [1.29, 1.82) is 0 Å². The summed E-state index contributed by atoms with van der Waals surface area (Å²) in [5.41, 5.74) is 7.86. The zero-order valence-corrected chi connectivity index (χ0v) is 11.6. The molecule has 0 aromatic heterocycles. The third-order valence-corrected chi connectivity index (χ3v) is 4.73. The molecule has 2 N–H and O–H groups in total. The topological polar surface area (TPSA) is 35.2 Å². The largest absolute Gasteiger partial charge is 0.487 e. The van der Waals surface area contributed by atoms with Crippen LogP contribution in [-0.2, 0) is 0 Å². The van der Waals surface area contributed by atoms with Gasteiger partial charge in [0, 0.05) is 18.0 Å². The summed E-state index contributed by atoms with van der Waals surface area (Å²) in [5, 5.41) is 0. The number of hydrogen-bond donors (Lipinski definition) is 1. The van der Waals surface area contributed by atoms with Gasteiger partial charge in [0.1, 0.15) is 11.4 Å². The Morgan fingerprint density at radius 3 is 2.61 bits per heavy atom. The number of rotatable bonds is 0. The maximum atomic E-state index is 6.42. The van der Waals surface area contributed by atoms with Crippen LogP contribution < -0.4 is 10.5 Å². The van der Waals surface area contributed by atoms with Gasteiger partial charge in [0.2, 0.25) is 0 Å². The molecule has 1 saturated carbocycles. The van der Waals surface area contributed by atoms with E-state index >= 15 is 0 Å². The quantitative estimate of drug-likeness (QED) is 0.757. The fourth-order valence-electron chi connectivity index (χ4n) is 4.10. The summed E-state index contributed by atoms with van der Waals surface area (Å²) in [6.07, 6.45) is 3.29. The second-order valence-corrected chi connectivity index (χ2v) is 6.96. The Balaban J connectivity index is 1.99. The lowest BCUT2D eigenvalue weighted by atomic mass is 9.80. The number of fused-ring (bicyclic) bond motifs is 1. The predicted molar refractivity (Wildman–Crippen MR) is 73.5 cm³/mol. The van der Waals surface area contributed by atoms with E-state index in [0.29, 0.717) is 11.3 Å². The summed E-state index contributed by atoms with van der Waals surface area (Å²) in [6.45, 7) is 7.00. The lowest BCUT2D eigenvalue weighted by Crippen LogP contribution is -2.45. The van der Waals surface area contributed by atoms with E-state index in [0.717, 1.165) is 18.6 Å². The molecule has 0 saturated heterocycles. The van der Waals surface area contributed by atoms with Gasteiger partial charge in [-0.3, -0.25) is 0 Å². The summed E-state index contributed by atoms with van der Waals surface area (Å²) in [6, 6.07) is 8.36. The molecule has 1 spiro atoms. The van der Waals surface area contributed by atoms with Crippen molar-refractivity contribution in [3.05, 3.63) is 29.8 Å². The van der Waals surface area contributed by atoms with Crippen molar-refractivity contribution in [3.63, 3.8) is 0 Å². The van der Waals surface area contributed by atoms with Gasteiger partial charge < -0.3 is 10.5 Å². The van der Waals surface area contributed by atoms with Crippen LogP contribution in [0, 0.1) is 11.3 Å². The van der Waals surface area contributed by atoms with E-state index in [9.17, 15) is 0 Å². The van der Waals surface area contributed by atoms with Crippen LogP contribution in [-0.4, -0.2) is 5.60 Å². The summed E-state index contributed by atoms with van der Waals surface area (Å²) in [4.78, 5) is 0. The molecule has 1 aliphatic carbocycles. The van der Waals surface area contributed by atoms with Crippen LogP contribution in [0.15, 0.2) is 24.3 Å². The first-order chi connectivity index (χ1) is 8.42. The average molecular weight is 245 g/mol. The molecule has 98 valence electrons. The smallest absolute Gasteiger partial charge is 0.124 e. The molecule has 1 aromatic rings. The van der Waals surface area contributed by atoms with Gasteiger partial charge in [-0.25, -0.2) is 0 Å². The minimum Gasteiger partial charge on any atom is -0.487 e. The maximum Gasteiger partial charge on any atom is 0.124 e. The van der Waals surface area contributed by atoms with Gasteiger partial charge in [0.15, 0.2) is 0 Å². The van der Waals surface area contributed by atoms with Crippen LogP contribution in [0.1, 0.15) is 51.6 Å². The monoisotopic (exact) mass is 245 g/mol. The highest BCUT2D eigenvalue weighted by molar-refractivity contribution is 5.39. The third kappa shape index (κ3) is 1.74. The van der Waals surface area contributed by atoms with Gasteiger partial charge in [-0.05, 0) is 30.2 Å². The molecular formula is C16H23NO. The SMILES string of the molecule is CC1CC(C)(C)CC12C[C@H](N)c1ccccc1O2. The maximum absolute atomic E-state index is 6.42. The van der Waals surface area contributed by atoms with Crippen molar-refractivity contribution < 1.29 is 4.74 Å². The molecule has 0 bridgehead atoms. The van der Waals surface area contributed by atoms with Gasteiger partial charge in [-0.15, -0.1) is 0 Å². The van der Waals surface area contributed by atoms with Crippen LogP contribution in [0.2, 0.25) is 0 Å². The van der Waals surface area contributed by atoms with E-state index in [1.807, 2.05) is 12.1 Å². The number of ether oxygens (including phenoxy) is 1. The Hall–Kier alpha value is -1.02.